The molecule has 6 nitrogen and oxygen atoms in total. The van der Waals surface area contributed by atoms with Crippen molar-refractivity contribution in [1.29, 1.82) is 0 Å². The normalized spacial score (nSPS) is 13.0. The highest BCUT2D eigenvalue weighted by molar-refractivity contribution is 7.12. The third kappa shape index (κ3) is 7.86. The van der Waals surface area contributed by atoms with Gasteiger partial charge >= 0.3 is 11.6 Å². The zero-order valence-corrected chi connectivity index (χ0v) is 20.7. The number of carbonyl (C=O) groups excluding carboxylic acids is 2. The molecule has 7 heteroatoms. The van der Waals surface area contributed by atoms with E-state index in [0.717, 1.165) is 11.3 Å². The Bertz CT molecular complexity index is 1090. The molecular weight excluding hydrogens is 440 g/mol. The standard InChI is InChI=1S/C26H32O6S/c1-16(2)13-19-11-12-20(33-19)14-18(4)25(29)24-21(27)15-22(32-26(24)30)17(3)9-7-6-8-10-23(28)31-5/h6,8,11-12,14-17,27H,7,9-10,13H2,1-5H3/b8-6+,18-14?. The second-order valence-corrected chi connectivity index (χ2v) is 9.68. The first-order valence-corrected chi connectivity index (χ1v) is 11.8. The molecule has 2 heterocycles. The van der Waals surface area contributed by atoms with E-state index in [1.807, 2.05) is 25.1 Å². The van der Waals surface area contributed by atoms with Crippen LogP contribution in [-0.2, 0) is 16.0 Å². The van der Waals surface area contributed by atoms with Crippen molar-refractivity contribution in [3.05, 3.63) is 67.4 Å². The van der Waals surface area contributed by atoms with Crippen LogP contribution in [0.25, 0.3) is 6.08 Å². The van der Waals surface area contributed by atoms with Crippen LogP contribution >= 0.6 is 11.3 Å². The van der Waals surface area contributed by atoms with Gasteiger partial charge in [0.2, 0.25) is 0 Å². The highest BCUT2D eigenvalue weighted by Gasteiger charge is 2.22. The maximum Gasteiger partial charge on any atom is 0.351 e. The number of thiophene rings is 1. The SMILES string of the molecule is COC(=O)C/C=C/CCC(C)c1cc(O)c(C(=O)C(C)=Cc2ccc(CC(C)C)s2)c(=O)o1. The maximum absolute atomic E-state index is 12.8. The Morgan fingerprint density at radius 3 is 2.58 bits per heavy atom. The van der Waals surface area contributed by atoms with E-state index in [9.17, 15) is 19.5 Å². The molecule has 2 aromatic heterocycles. The molecular formula is C26H32O6S. The Morgan fingerprint density at radius 2 is 1.94 bits per heavy atom. The highest BCUT2D eigenvalue weighted by atomic mass is 32.1. The van der Waals surface area contributed by atoms with Crippen LogP contribution < -0.4 is 5.63 Å². The molecule has 0 aliphatic carbocycles. The highest BCUT2D eigenvalue weighted by Crippen LogP contribution is 2.27. The number of carbonyl (C=O) groups is 2. The van der Waals surface area contributed by atoms with Crippen molar-refractivity contribution >= 4 is 29.2 Å². The van der Waals surface area contributed by atoms with Crippen molar-refractivity contribution in [2.75, 3.05) is 7.11 Å². The van der Waals surface area contributed by atoms with Crippen molar-refractivity contribution in [3.8, 4) is 5.75 Å². The third-order valence-electron chi connectivity index (χ3n) is 5.12. The number of aromatic hydroxyl groups is 1. The summed E-state index contributed by atoms with van der Waals surface area (Å²) in [6.07, 6.45) is 7.78. The summed E-state index contributed by atoms with van der Waals surface area (Å²) >= 11 is 1.61. The Morgan fingerprint density at radius 1 is 1.21 bits per heavy atom. The van der Waals surface area contributed by atoms with E-state index >= 15 is 0 Å². The molecule has 1 atom stereocenters. The molecule has 0 spiro atoms. The molecule has 0 saturated heterocycles. The summed E-state index contributed by atoms with van der Waals surface area (Å²) < 4.78 is 9.94. The number of ether oxygens (including phenoxy) is 1. The van der Waals surface area contributed by atoms with Gasteiger partial charge in [-0.15, -0.1) is 11.3 Å². The first-order chi connectivity index (χ1) is 15.6. The van der Waals surface area contributed by atoms with Crippen LogP contribution in [0, 0.1) is 5.92 Å². The van der Waals surface area contributed by atoms with Gasteiger partial charge in [0, 0.05) is 21.7 Å². The monoisotopic (exact) mass is 472 g/mol. The first kappa shape index (κ1) is 26.3. The molecule has 2 rings (SSSR count). The average molecular weight is 473 g/mol. The van der Waals surface area contributed by atoms with Gasteiger partial charge < -0.3 is 14.3 Å². The zero-order chi connectivity index (χ0) is 24.5. The van der Waals surface area contributed by atoms with Crippen LogP contribution in [0.15, 0.2) is 45.1 Å². The van der Waals surface area contributed by atoms with Gasteiger partial charge in [0.1, 0.15) is 17.1 Å². The number of hydrogen-bond acceptors (Lipinski definition) is 7. The van der Waals surface area contributed by atoms with Crippen LogP contribution in [0.1, 0.15) is 78.7 Å². The molecule has 1 unspecified atom stereocenters. The Hall–Kier alpha value is -2.93. The lowest BCUT2D eigenvalue weighted by Crippen LogP contribution is -2.16. The van der Waals surface area contributed by atoms with E-state index in [0.29, 0.717) is 30.1 Å². The molecule has 33 heavy (non-hydrogen) atoms. The predicted molar refractivity (Wildman–Crippen MR) is 131 cm³/mol. The second kappa shape index (κ2) is 12.3. The summed E-state index contributed by atoms with van der Waals surface area (Å²) in [6.45, 7) is 7.79. The number of ketones is 1. The minimum Gasteiger partial charge on any atom is -0.507 e. The average Bonchev–Trinajstić information content (AvgIpc) is 3.18. The number of methoxy groups -OCH3 is 1. The molecule has 1 N–H and O–H groups in total. The summed E-state index contributed by atoms with van der Waals surface area (Å²) in [5, 5.41) is 10.4. The fraction of sp³-hybridized carbons (Fsp3) is 0.423. The predicted octanol–water partition coefficient (Wildman–Crippen LogP) is 5.89. The van der Waals surface area contributed by atoms with E-state index in [1.54, 1.807) is 30.4 Å². The van der Waals surface area contributed by atoms with Crippen LogP contribution in [0.4, 0.5) is 0 Å². The fourth-order valence-corrected chi connectivity index (χ4v) is 4.51. The molecule has 0 amide bonds. The minimum atomic E-state index is -0.845. The molecule has 0 fully saturated rings. The van der Waals surface area contributed by atoms with Gasteiger partial charge in [0.15, 0.2) is 5.78 Å². The van der Waals surface area contributed by atoms with Gasteiger partial charge in [-0.1, -0.05) is 32.9 Å². The summed E-state index contributed by atoms with van der Waals surface area (Å²) in [4.78, 5) is 38.6. The van der Waals surface area contributed by atoms with Gasteiger partial charge in [-0.25, -0.2) is 4.79 Å². The Kier molecular flexibility index (Phi) is 9.85. The number of hydrogen-bond donors (Lipinski definition) is 1. The number of rotatable bonds is 11. The number of allylic oxidation sites excluding steroid dienone is 2. The molecule has 2 aromatic rings. The van der Waals surface area contributed by atoms with E-state index in [1.165, 1.54) is 18.1 Å². The Balaban J connectivity index is 2.10. The number of esters is 1. The fourth-order valence-electron chi connectivity index (χ4n) is 3.28. The first-order valence-electron chi connectivity index (χ1n) is 11.0. The largest absolute Gasteiger partial charge is 0.507 e. The summed E-state index contributed by atoms with van der Waals surface area (Å²) in [5.74, 6) is -0.536. The van der Waals surface area contributed by atoms with Gasteiger partial charge in [-0.3, -0.25) is 9.59 Å². The minimum absolute atomic E-state index is 0.155. The van der Waals surface area contributed by atoms with E-state index < -0.39 is 11.4 Å². The Labute approximate surface area is 198 Å². The molecule has 178 valence electrons. The molecule has 0 saturated carbocycles. The summed E-state index contributed by atoms with van der Waals surface area (Å²) in [6, 6.07) is 5.34. The van der Waals surface area contributed by atoms with E-state index in [-0.39, 0.29) is 29.6 Å². The van der Waals surface area contributed by atoms with Crippen molar-refractivity contribution in [3.63, 3.8) is 0 Å². The van der Waals surface area contributed by atoms with Gasteiger partial charge in [0.05, 0.1) is 13.5 Å². The molecule has 0 aliphatic heterocycles. The quantitative estimate of drug-likeness (QED) is 0.190. The third-order valence-corrected chi connectivity index (χ3v) is 6.17. The lowest BCUT2D eigenvalue weighted by molar-refractivity contribution is -0.139. The lowest BCUT2D eigenvalue weighted by Gasteiger charge is -2.11. The van der Waals surface area contributed by atoms with E-state index in [2.05, 4.69) is 18.6 Å². The van der Waals surface area contributed by atoms with Crippen LogP contribution in [0.5, 0.6) is 5.75 Å². The van der Waals surface area contributed by atoms with Gasteiger partial charge in [-0.05, 0) is 55.9 Å². The molecule has 0 bridgehead atoms. The zero-order valence-electron chi connectivity index (χ0n) is 19.8. The van der Waals surface area contributed by atoms with Crippen LogP contribution in [-0.4, -0.2) is 24.0 Å². The van der Waals surface area contributed by atoms with Crippen molar-refractivity contribution < 1.29 is 23.8 Å². The van der Waals surface area contributed by atoms with Crippen molar-refractivity contribution in [1.82, 2.24) is 0 Å². The summed E-state index contributed by atoms with van der Waals surface area (Å²) in [7, 11) is 1.34. The summed E-state index contributed by atoms with van der Waals surface area (Å²) in [5.41, 5.74) is -0.841. The van der Waals surface area contributed by atoms with Gasteiger partial charge in [0.25, 0.3) is 0 Å². The molecule has 0 radical (unpaired) electrons. The second-order valence-electron chi connectivity index (χ2n) is 8.49. The maximum atomic E-state index is 12.8. The smallest absolute Gasteiger partial charge is 0.351 e. The lowest BCUT2D eigenvalue weighted by atomic mass is 9.99. The molecule has 0 aliphatic rings. The van der Waals surface area contributed by atoms with Crippen LogP contribution in [0.3, 0.4) is 0 Å². The van der Waals surface area contributed by atoms with Crippen LogP contribution in [0.2, 0.25) is 0 Å². The topological polar surface area (TPSA) is 93.8 Å². The molecule has 0 aromatic carbocycles. The van der Waals surface area contributed by atoms with Gasteiger partial charge in [-0.2, -0.15) is 0 Å². The number of Topliss-reactive ketones (excluding diaryl/α,β-unsaturated/α-hetero) is 1. The van der Waals surface area contributed by atoms with Crippen molar-refractivity contribution in [2.45, 2.75) is 59.3 Å². The van der Waals surface area contributed by atoms with E-state index in [4.69, 9.17) is 4.42 Å². The van der Waals surface area contributed by atoms with Crippen molar-refractivity contribution in [2.24, 2.45) is 5.92 Å².